The average molecular weight is 520 g/mol. The summed E-state index contributed by atoms with van der Waals surface area (Å²) in [6.07, 6.45) is 5.64. The van der Waals surface area contributed by atoms with Gasteiger partial charge in [0.2, 0.25) is 0 Å². The maximum Gasteiger partial charge on any atom is 0.127 e. The molecule has 1 aliphatic heterocycles. The van der Waals surface area contributed by atoms with Crippen molar-refractivity contribution in [3.63, 3.8) is 0 Å². The Bertz CT molecular complexity index is 1020. The van der Waals surface area contributed by atoms with E-state index < -0.39 is 10.7 Å². The number of rotatable bonds is 9. The molecule has 2 aromatic rings. The fourth-order valence-corrected chi connectivity index (χ4v) is 6.38. The van der Waals surface area contributed by atoms with Gasteiger partial charge in [-0.05, 0) is 74.7 Å². The number of anilines is 1. The molecule has 1 aliphatic rings. The quantitative estimate of drug-likeness (QED) is 0.259. The number of piperidine rings is 1. The molecule has 3 unspecified atom stereocenters. The number of likely N-dealkylation sites (tertiary alicyclic amines) is 1. The number of nitrogens with one attached hydrogen (secondary N) is 2. The lowest BCUT2D eigenvalue weighted by Gasteiger charge is -2.30. The van der Waals surface area contributed by atoms with Gasteiger partial charge >= 0.3 is 0 Å². The molecule has 3 nitrogen and oxygen atoms in total. The number of hydrogen-bond donors (Lipinski definition) is 2. The van der Waals surface area contributed by atoms with E-state index in [0.717, 1.165) is 57.5 Å². The smallest absolute Gasteiger partial charge is 0.127 e. The van der Waals surface area contributed by atoms with E-state index in [1.165, 1.54) is 19.3 Å². The second-order valence-electron chi connectivity index (χ2n) is 8.95. The highest BCUT2D eigenvalue weighted by Crippen LogP contribution is 2.38. The Hall–Kier alpha value is -1.66. The van der Waals surface area contributed by atoms with E-state index in [2.05, 4.69) is 27.4 Å². The molecule has 1 fully saturated rings. The van der Waals surface area contributed by atoms with Gasteiger partial charge < -0.3 is 5.32 Å². The van der Waals surface area contributed by atoms with E-state index in [9.17, 15) is 4.39 Å². The van der Waals surface area contributed by atoms with Crippen LogP contribution in [0, 0.1) is 19.7 Å². The van der Waals surface area contributed by atoms with E-state index in [4.69, 9.17) is 11.6 Å². The highest BCUT2D eigenvalue weighted by Gasteiger charge is 2.24. The predicted octanol–water partition coefficient (Wildman–Crippen LogP) is 8.07. The zero-order valence-corrected chi connectivity index (χ0v) is 23.9. The summed E-state index contributed by atoms with van der Waals surface area (Å²) in [5.41, 5.74) is 4.97. The maximum absolute atomic E-state index is 14.8. The third kappa shape index (κ3) is 7.19. The number of benzene rings is 2. The second kappa shape index (κ2) is 14.2. The summed E-state index contributed by atoms with van der Waals surface area (Å²) in [6, 6.07) is 7.27. The van der Waals surface area contributed by atoms with Gasteiger partial charge in [0.05, 0.1) is 5.69 Å². The molecule has 194 valence electrons. The molecule has 0 radical (unpaired) electrons. The normalized spacial score (nSPS) is 16.6. The molecule has 0 saturated carbocycles. The Labute approximate surface area is 220 Å². The minimum absolute atomic E-state index is 0.0858. The SMILES string of the molecule is C=CC(NS(=C)c1ccc(Cl)c(CN2CCCCC2)c1NC)C(C)c1c(F)ccc(C)c1C.CC. The van der Waals surface area contributed by atoms with Crippen molar-refractivity contribution in [2.75, 3.05) is 25.5 Å². The molecule has 2 aromatic carbocycles. The number of hydrogen-bond acceptors (Lipinski definition) is 3. The Morgan fingerprint density at radius 2 is 1.80 bits per heavy atom. The monoisotopic (exact) mass is 519 g/mol. The van der Waals surface area contributed by atoms with Gasteiger partial charge in [-0.3, -0.25) is 9.62 Å². The van der Waals surface area contributed by atoms with Gasteiger partial charge in [-0.15, -0.1) is 6.58 Å². The zero-order valence-electron chi connectivity index (χ0n) is 22.3. The Balaban J connectivity index is 0.00000210. The molecule has 2 N–H and O–H groups in total. The lowest BCUT2D eigenvalue weighted by molar-refractivity contribution is 0.221. The van der Waals surface area contributed by atoms with Crippen LogP contribution in [0.3, 0.4) is 0 Å². The van der Waals surface area contributed by atoms with Gasteiger partial charge in [0.15, 0.2) is 0 Å². The third-order valence-electron chi connectivity index (χ3n) is 6.82. The summed E-state index contributed by atoms with van der Waals surface area (Å²) in [7, 11) is 1.39. The summed E-state index contributed by atoms with van der Waals surface area (Å²) in [4.78, 5) is 3.55. The summed E-state index contributed by atoms with van der Waals surface area (Å²) in [5, 5.41) is 4.16. The van der Waals surface area contributed by atoms with Crippen molar-refractivity contribution < 1.29 is 4.39 Å². The van der Waals surface area contributed by atoms with E-state index in [1.54, 1.807) is 6.07 Å². The van der Waals surface area contributed by atoms with Crippen LogP contribution in [0.1, 0.15) is 68.2 Å². The third-order valence-corrected chi connectivity index (χ3v) is 8.60. The van der Waals surface area contributed by atoms with Crippen molar-refractivity contribution in [1.82, 2.24) is 9.62 Å². The summed E-state index contributed by atoms with van der Waals surface area (Å²) in [5.74, 6) is 4.18. The molecule has 0 spiro atoms. The van der Waals surface area contributed by atoms with Crippen LogP contribution in [-0.4, -0.2) is 36.9 Å². The van der Waals surface area contributed by atoms with Crippen LogP contribution in [0.4, 0.5) is 10.1 Å². The Morgan fingerprint density at radius 3 is 2.40 bits per heavy atom. The van der Waals surface area contributed by atoms with E-state index >= 15 is 0 Å². The van der Waals surface area contributed by atoms with Crippen LogP contribution in [0.5, 0.6) is 0 Å². The van der Waals surface area contributed by atoms with Gasteiger partial charge in [-0.1, -0.05) is 67.5 Å². The highest BCUT2D eigenvalue weighted by molar-refractivity contribution is 8.12. The van der Waals surface area contributed by atoms with E-state index in [1.807, 2.05) is 65.9 Å². The molecular formula is C29H43ClFN3S. The predicted molar refractivity (Wildman–Crippen MR) is 156 cm³/mol. The molecule has 0 amide bonds. The number of aryl methyl sites for hydroxylation is 1. The first kappa shape index (κ1) is 29.6. The number of halogens is 2. The topological polar surface area (TPSA) is 27.3 Å². The van der Waals surface area contributed by atoms with E-state index in [-0.39, 0.29) is 17.8 Å². The van der Waals surface area contributed by atoms with Crippen molar-refractivity contribution in [1.29, 1.82) is 0 Å². The average Bonchev–Trinajstić information content (AvgIpc) is 2.87. The summed E-state index contributed by atoms with van der Waals surface area (Å²) < 4.78 is 18.4. The van der Waals surface area contributed by atoms with Crippen molar-refractivity contribution in [3.8, 4) is 0 Å². The lowest BCUT2D eigenvalue weighted by Crippen LogP contribution is -2.30. The molecule has 1 saturated heterocycles. The van der Waals surface area contributed by atoms with Crippen molar-refractivity contribution in [2.24, 2.45) is 0 Å². The lowest BCUT2D eigenvalue weighted by atomic mass is 9.88. The molecule has 1 heterocycles. The Morgan fingerprint density at radius 1 is 1.14 bits per heavy atom. The maximum atomic E-state index is 14.8. The van der Waals surface area contributed by atoms with Crippen molar-refractivity contribution in [3.05, 3.63) is 70.0 Å². The first-order valence-electron chi connectivity index (χ1n) is 12.7. The molecule has 0 aliphatic carbocycles. The van der Waals surface area contributed by atoms with Gasteiger partial charge in [0.1, 0.15) is 5.82 Å². The van der Waals surface area contributed by atoms with Gasteiger partial charge in [-0.25, -0.2) is 4.39 Å². The standard InChI is InChI=1S/C27H37ClFN3S.C2H6/c1-7-24(20(4)26-19(3)18(2)11-13-23(26)29)31-33(6)25-14-12-22(28)21(27(25)30-5)17-32-15-9-8-10-16-32;1-2/h7,11-14,20,24,30-31H,1,6,8-10,15-17H2,2-5H3;1-2H3. The molecule has 0 aromatic heterocycles. The van der Waals surface area contributed by atoms with Gasteiger partial charge in [-0.2, -0.15) is 0 Å². The van der Waals surface area contributed by atoms with Crippen LogP contribution in [0.25, 0.3) is 0 Å². The molecule has 0 bridgehead atoms. The second-order valence-corrected chi connectivity index (χ2v) is 10.8. The van der Waals surface area contributed by atoms with Crippen molar-refractivity contribution >= 4 is 33.8 Å². The van der Waals surface area contributed by atoms with Crippen LogP contribution in [-0.2, 0) is 6.54 Å². The minimum Gasteiger partial charge on any atom is -0.387 e. The fraction of sp³-hybridized carbons (Fsp3) is 0.483. The molecule has 3 atom stereocenters. The first-order chi connectivity index (χ1) is 16.8. The van der Waals surface area contributed by atoms with Crippen LogP contribution < -0.4 is 10.0 Å². The summed E-state index contributed by atoms with van der Waals surface area (Å²) in [6.45, 7) is 17.1. The van der Waals surface area contributed by atoms with Crippen LogP contribution in [0.2, 0.25) is 5.02 Å². The van der Waals surface area contributed by atoms with Crippen LogP contribution >= 0.6 is 22.3 Å². The molecular weight excluding hydrogens is 477 g/mol. The van der Waals surface area contributed by atoms with Gasteiger partial charge in [0.25, 0.3) is 0 Å². The first-order valence-corrected chi connectivity index (χ1v) is 14.4. The number of nitrogens with zero attached hydrogens (tertiary/aromatic N) is 1. The molecule has 3 rings (SSSR count). The molecule has 35 heavy (non-hydrogen) atoms. The Kier molecular flexibility index (Phi) is 12.0. The zero-order chi connectivity index (χ0) is 26.1. The van der Waals surface area contributed by atoms with Crippen molar-refractivity contribution in [2.45, 2.75) is 77.3 Å². The van der Waals surface area contributed by atoms with E-state index in [0.29, 0.717) is 0 Å². The van der Waals surface area contributed by atoms with Crippen LogP contribution in [0.15, 0.2) is 41.8 Å². The largest absolute Gasteiger partial charge is 0.387 e. The highest BCUT2D eigenvalue weighted by atomic mass is 35.5. The molecule has 6 heteroatoms. The fourth-order valence-electron chi connectivity index (χ4n) is 4.70. The van der Waals surface area contributed by atoms with Gasteiger partial charge in [0, 0.05) is 41.0 Å². The minimum atomic E-state index is -0.546. The summed E-state index contributed by atoms with van der Waals surface area (Å²) >= 11 is 6.65.